The fraction of sp³-hybridized carbons (Fsp3) is 0.533. The highest BCUT2D eigenvalue weighted by molar-refractivity contribution is 5.87. The SMILES string of the molecule is CCc1ccc(N2C(C)CN(C)C(=O)C2CN)cc1. The zero-order valence-electron chi connectivity index (χ0n) is 12.0. The Morgan fingerprint density at radius 1 is 1.32 bits per heavy atom. The van der Waals surface area contributed by atoms with Crippen LogP contribution in [0, 0.1) is 0 Å². The lowest BCUT2D eigenvalue weighted by atomic mass is 10.0. The lowest BCUT2D eigenvalue weighted by molar-refractivity contribution is -0.133. The number of benzene rings is 1. The molecule has 0 aromatic heterocycles. The smallest absolute Gasteiger partial charge is 0.246 e. The summed E-state index contributed by atoms with van der Waals surface area (Å²) in [6.45, 7) is 5.37. The molecule has 0 bridgehead atoms. The number of nitrogens with zero attached hydrogens (tertiary/aromatic N) is 2. The number of hydrogen-bond donors (Lipinski definition) is 1. The first-order valence-electron chi connectivity index (χ1n) is 6.90. The summed E-state index contributed by atoms with van der Waals surface area (Å²) in [6, 6.07) is 8.47. The third kappa shape index (κ3) is 2.59. The van der Waals surface area contributed by atoms with Gasteiger partial charge in [0, 0.05) is 31.9 Å². The van der Waals surface area contributed by atoms with Gasteiger partial charge in [0.1, 0.15) is 6.04 Å². The summed E-state index contributed by atoms with van der Waals surface area (Å²) in [4.78, 5) is 16.1. The van der Waals surface area contributed by atoms with Crippen LogP contribution in [0.1, 0.15) is 19.4 Å². The molecule has 0 radical (unpaired) electrons. The van der Waals surface area contributed by atoms with Crippen LogP contribution in [0.2, 0.25) is 0 Å². The number of piperazine rings is 1. The van der Waals surface area contributed by atoms with Gasteiger partial charge < -0.3 is 15.5 Å². The molecule has 1 fully saturated rings. The van der Waals surface area contributed by atoms with Crippen molar-refractivity contribution in [2.45, 2.75) is 32.4 Å². The van der Waals surface area contributed by atoms with E-state index in [0.717, 1.165) is 18.7 Å². The highest BCUT2D eigenvalue weighted by atomic mass is 16.2. The first-order chi connectivity index (χ1) is 9.08. The Labute approximate surface area is 115 Å². The molecule has 2 unspecified atom stereocenters. The van der Waals surface area contributed by atoms with Crippen molar-refractivity contribution >= 4 is 11.6 Å². The number of carbonyl (C=O) groups is 1. The van der Waals surface area contributed by atoms with Crippen molar-refractivity contribution in [3.05, 3.63) is 29.8 Å². The maximum atomic E-state index is 12.2. The molecule has 2 rings (SSSR count). The second-order valence-corrected chi connectivity index (χ2v) is 5.25. The maximum absolute atomic E-state index is 12.2. The number of likely N-dealkylation sites (N-methyl/N-ethyl adjacent to an activating group) is 1. The quantitative estimate of drug-likeness (QED) is 0.890. The number of hydrogen-bond acceptors (Lipinski definition) is 3. The Morgan fingerprint density at radius 2 is 1.95 bits per heavy atom. The van der Waals surface area contributed by atoms with Crippen LogP contribution in [0.3, 0.4) is 0 Å². The Kier molecular flexibility index (Phi) is 4.10. The number of carbonyl (C=O) groups excluding carboxylic acids is 1. The van der Waals surface area contributed by atoms with E-state index in [2.05, 4.69) is 43.0 Å². The molecule has 2 N–H and O–H groups in total. The van der Waals surface area contributed by atoms with Gasteiger partial charge >= 0.3 is 0 Å². The van der Waals surface area contributed by atoms with Gasteiger partial charge in [0.25, 0.3) is 0 Å². The van der Waals surface area contributed by atoms with Crippen molar-refractivity contribution in [2.24, 2.45) is 5.73 Å². The molecule has 1 saturated heterocycles. The van der Waals surface area contributed by atoms with Gasteiger partial charge in [-0.3, -0.25) is 4.79 Å². The average Bonchev–Trinajstić information content (AvgIpc) is 2.42. The van der Waals surface area contributed by atoms with E-state index in [9.17, 15) is 4.79 Å². The number of amides is 1. The molecule has 0 spiro atoms. The summed E-state index contributed by atoms with van der Waals surface area (Å²) in [6.07, 6.45) is 1.03. The van der Waals surface area contributed by atoms with E-state index < -0.39 is 0 Å². The Balaban J connectivity index is 2.31. The van der Waals surface area contributed by atoms with Gasteiger partial charge in [-0.2, -0.15) is 0 Å². The molecular formula is C15H23N3O. The Morgan fingerprint density at radius 3 is 2.47 bits per heavy atom. The second kappa shape index (κ2) is 5.61. The van der Waals surface area contributed by atoms with E-state index in [1.807, 2.05) is 7.05 Å². The summed E-state index contributed by atoms with van der Waals surface area (Å²) < 4.78 is 0. The van der Waals surface area contributed by atoms with Crippen LogP contribution in [-0.2, 0) is 11.2 Å². The lowest BCUT2D eigenvalue weighted by Gasteiger charge is -2.44. The maximum Gasteiger partial charge on any atom is 0.246 e. The topological polar surface area (TPSA) is 49.6 Å². The van der Waals surface area contributed by atoms with Crippen LogP contribution in [-0.4, -0.2) is 43.0 Å². The van der Waals surface area contributed by atoms with Crippen molar-refractivity contribution in [3.8, 4) is 0 Å². The van der Waals surface area contributed by atoms with Crippen molar-refractivity contribution in [1.29, 1.82) is 0 Å². The van der Waals surface area contributed by atoms with Crippen LogP contribution in [0.25, 0.3) is 0 Å². The van der Waals surface area contributed by atoms with E-state index in [1.54, 1.807) is 4.90 Å². The first-order valence-corrected chi connectivity index (χ1v) is 6.90. The van der Waals surface area contributed by atoms with Crippen molar-refractivity contribution in [1.82, 2.24) is 4.90 Å². The fourth-order valence-corrected chi connectivity index (χ4v) is 2.81. The predicted molar refractivity (Wildman–Crippen MR) is 78.2 cm³/mol. The molecule has 1 amide bonds. The average molecular weight is 261 g/mol. The zero-order chi connectivity index (χ0) is 14.0. The third-order valence-corrected chi connectivity index (χ3v) is 3.88. The van der Waals surface area contributed by atoms with Crippen LogP contribution < -0.4 is 10.6 Å². The minimum atomic E-state index is -0.249. The van der Waals surface area contributed by atoms with Gasteiger partial charge in [-0.05, 0) is 31.0 Å². The number of aryl methyl sites for hydroxylation is 1. The number of nitrogens with two attached hydrogens (primary N) is 1. The van der Waals surface area contributed by atoms with Crippen molar-refractivity contribution in [2.75, 3.05) is 25.0 Å². The molecule has 1 aromatic rings. The van der Waals surface area contributed by atoms with E-state index in [-0.39, 0.29) is 18.0 Å². The van der Waals surface area contributed by atoms with E-state index in [0.29, 0.717) is 6.54 Å². The summed E-state index contributed by atoms with van der Waals surface area (Å²) in [5.74, 6) is 0.111. The lowest BCUT2D eigenvalue weighted by Crippen LogP contribution is -2.62. The molecular weight excluding hydrogens is 238 g/mol. The van der Waals surface area contributed by atoms with Crippen LogP contribution in [0.15, 0.2) is 24.3 Å². The standard InChI is InChI=1S/C15H23N3O/c1-4-12-5-7-13(8-6-12)18-11(2)10-17(3)15(19)14(18)9-16/h5-8,11,14H,4,9-10,16H2,1-3H3. The minimum absolute atomic E-state index is 0.111. The van der Waals surface area contributed by atoms with Crippen LogP contribution >= 0.6 is 0 Å². The molecule has 104 valence electrons. The molecule has 2 atom stereocenters. The molecule has 4 nitrogen and oxygen atoms in total. The molecule has 1 aliphatic heterocycles. The molecule has 19 heavy (non-hydrogen) atoms. The van der Waals surface area contributed by atoms with Crippen LogP contribution in [0.4, 0.5) is 5.69 Å². The summed E-state index contributed by atoms with van der Waals surface area (Å²) >= 11 is 0. The largest absolute Gasteiger partial charge is 0.354 e. The summed E-state index contributed by atoms with van der Waals surface area (Å²) in [5, 5.41) is 0. The van der Waals surface area contributed by atoms with Crippen molar-refractivity contribution < 1.29 is 4.79 Å². The Bertz CT molecular complexity index is 443. The van der Waals surface area contributed by atoms with Gasteiger partial charge in [-0.15, -0.1) is 0 Å². The second-order valence-electron chi connectivity index (χ2n) is 5.25. The van der Waals surface area contributed by atoms with Gasteiger partial charge in [-0.1, -0.05) is 19.1 Å². The zero-order valence-corrected chi connectivity index (χ0v) is 12.0. The van der Waals surface area contributed by atoms with Gasteiger partial charge in [0.05, 0.1) is 0 Å². The summed E-state index contributed by atoms with van der Waals surface area (Å²) in [7, 11) is 1.85. The summed E-state index contributed by atoms with van der Waals surface area (Å²) in [5.41, 5.74) is 8.20. The molecule has 0 aliphatic carbocycles. The molecule has 1 aromatic carbocycles. The van der Waals surface area contributed by atoms with Crippen molar-refractivity contribution in [3.63, 3.8) is 0 Å². The van der Waals surface area contributed by atoms with Gasteiger partial charge in [-0.25, -0.2) is 0 Å². The number of rotatable bonds is 3. The normalized spacial score (nSPS) is 23.9. The minimum Gasteiger partial charge on any atom is -0.354 e. The van der Waals surface area contributed by atoms with E-state index in [1.165, 1.54) is 5.56 Å². The van der Waals surface area contributed by atoms with Gasteiger partial charge in [0.2, 0.25) is 5.91 Å². The fourth-order valence-electron chi connectivity index (χ4n) is 2.81. The van der Waals surface area contributed by atoms with E-state index >= 15 is 0 Å². The highest BCUT2D eigenvalue weighted by Gasteiger charge is 2.36. The molecule has 0 saturated carbocycles. The molecule has 1 heterocycles. The molecule has 1 aliphatic rings. The third-order valence-electron chi connectivity index (χ3n) is 3.88. The Hall–Kier alpha value is -1.55. The van der Waals surface area contributed by atoms with E-state index in [4.69, 9.17) is 5.73 Å². The number of anilines is 1. The first kappa shape index (κ1) is 13.9. The van der Waals surface area contributed by atoms with Gasteiger partial charge in [0.15, 0.2) is 0 Å². The van der Waals surface area contributed by atoms with Crippen LogP contribution in [0.5, 0.6) is 0 Å². The highest BCUT2D eigenvalue weighted by Crippen LogP contribution is 2.25. The predicted octanol–water partition coefficient (Wildman–Crippen LogP) is 1.24. The molecule has 4 heteroatoms. The monoisotopic (exact) mass is 261 g/mol.